The normalized spacial score (nSPS) is 18.6. The van der Waals surface area contributed by atoms with Gasteiger partial charge in [0.25, 0.3) is 0 Å². The first kappa shape index (κ1) is 15.5. The van der Waals surface area contributed by atoms with Crippen LogP contribution < -0.4 is 0 Å². The average molecular weight is 289 g/mol. The number of likely N-dealkylation sites (N-methyl/N-ethyl adjacent to an activating group) is 1. The maximum Gasteiger partial charge on any atom is 0.236 e. The molecule has 0 saturated carbocycles. The van der Waals surface area contributed by atoms with Crippen LogP contribution in [0.25, 0.3) is 0 Å². The minimum absolute atomic E-state index is 0.0915. The second-order valence-electron chi connectivity index (χ2n) is 5.73. The van der Waals surface area contributed by atoms with E-state index in [0.29, 0.717) is 25.6 Å². The Kier molecular flexibility index (Phi) is 5.34. The summed E-state index contributed by atoms with van der Waals surface area (Å²) < 4.78 is 1.96. The first-order valence-corrected chi connectivity index (χ1v) is 7.44. The largest absolute Gasteiger partial charge is 0.344 e. The molecule has 21 heavy (non-hydrogen) atoms. The standard InChI is InChI=1S/C15H23N5O/c1-13-9-17-20(10-13)11-14-5-3-8-19(14)12-15(21)18(2)7-4-6-16/h9-10,14H,3-5,7-8,11-12H2,1-2H3/t14-/m0/s1. The highest BCUT2D eigenvalue weighted by Gasteiger charge is 2.27. The smallest absolute Gasteiger partial charge is 0.236 e. The van der Waals surface area contributed by atoms with Gasteiger partial charge in [-0.15, -0.1) is 0 Å². The third-order valence-corrected chi connectivity index (χ3v) is 3.98. The van der Waals surface area contributed by atoms with Gasteiger partial charge in [-0.05, 0) is 31.9 Å². The van der Waals surface area contributed by atoms with Crippen LogP contribution in [0.15, 0.2) is 12.4 Å². The molecule has 2 rings (SSSR count). The fraction of sp³-hybridized carbons (Fsp3) is 0.667. The molecule has 0 aliphatic carbocycles. The van der Waals surface area contributed by atoms with Crippen LogP contribution in [0.5, 0.6) is 0 Å². The molecule has 6 heteroatoms. The van der Waals surface area contributed by atoms with Crippen molar-refractivity contribution < 1.29 is 4.79 Å². The summed E-state index contributed by atoms with van der Waals surface area (Å²) in [5.74, 6) is 0.0915. The van der Waals surface area contributed by atoms with E-state index in [1.54, 1.807) is 11.9 Å². The lowest BCUT2D eigenvalue weighted by Gasteiger charge is -2.26. The summed E-state index contributed by atoms with van der Waals surface area (Å²) in [6, 6.07) is 2.44. The van der Waals surface area contributed by atoms with E-state index in [0.717, 1.165) is 31.5 Å². The lowest BCUT2D eigenvalue weighted by molar-refractivity contribution is -0.131. The molecule has 114 valence electrons. The van der Waals surface area contributed by atoms with E-state index in [4.69, 9.17) is 5.26 Å². The summed E-state index contributed by atoms with van der Waals surface area (Å²) in [6.07, 6.45) is 6.52. The zero-order valence-corrected chi connectivity index (χ0v) is 12.8. The quantitative estimate of drug-likeness (QED) is 0.784. The van der Waals surface area contributed by atoms with Gasteiger partial charge in [-0.3, -0.25) is 14.4 Å². The Hall–Kier alpha value is -1.87. The second-order valence-corrected chi connectivity index (χ2v) is 5.73. The van der Waals surface area contributed by atoms with Gasteiger partial charge in [0.1, 0.15) is 0 Å². The third-order valence-electron chi connectivity index (χ3n) is 3.98. The van der Waals surface area contributed by atoms with Crippen LogP contribution >= 0.6 is 0 Å². The van der Waals surface area contributed by atoms with Crippen molar-refractivity contribution in [3.63, 3.8) is 0 Å². The van der Waals surface area contributed by atoms with Crippen molar-refractivity contribution in [1.29, 1.82) is 5.26 Å². The zero-order chi connectivity index (χ0) is 15.2. The van der Waals surface area contributed by atoms with Gasteiger partial charge in [0.15, 0.2) is 0 Å². The number of amides is 1. The fourth-order valence-electron chi connectivity index (χ4n) is 2.73. The number of carbonyl (C=O) groups excluding carboxylic acids is 1. The van der Waals surface area contributed by atoms with Crippen molar-refractivity contribution >= 4 is 5.91 Å². The Morgan fingerprint density at radius 3 is 3.10 bits per heavy atom. The number of nitrogens with zero attached hydrogens (tertiary/aromatic N) is 5. The molecule has 1 saturated heterocycles. The summed E-state index contributed by atoms with van der Waals surface area (Å²) in [7, 11) is 1.77. The van der Waals surface area contributed by atoms with Crippen molar-refractivity contribution in [2.45, 2.75) is 38.8 Å². The first-order chi connectivity index (χ1) is 10.1. The fourth-order valence-corrected chi connectivity index (χ4v) is 2.73. The van der Waals surface area contributed by atoms with Crippen molar-refractivity contribution in [1.82, 2.24) is 19.6 Å². The van der Waals surface area contributed by atoms with Gasteiger partial charge >= 0.3 is 0 Å². The van der Waals surface area contributed by atoms with Crippen LogP contribution in [0.3, 0.4) is 0 Å². The van der Waals surface area contributed by atoms with Crippen LogP contribution in [0.2, 0.25) is 0 Å². The van der Waals surface area contributed by atoms with E-state index in [9.17, 15) is 4.79 Å². The van der Waals surface area contributed by atoms with Crippen molar-refractivity contribution in [2.24, 2.45) is 0 Å². The number of hydrogen-bond donors (Lipinski definition) is 0. The lowest BCUT2D eigenvalue weighted by atomic mass is 10.2. The molecule has 1 amide bonds. The minimum atomic E-state index is 0.0915. The molecule has 2 heterocycles. The highest BCUT2D eigenvalue weighted by Crippen LogP contribution is 2.18. The third kappa shape index (κ3) is 4.30. The van der Waals surface area contributed by atoms with Gasteiger partial charge in [-0.2, -0.15) is 10.4 Å². The molecule has 1 atom stereocenters. The molecule has 0 N–H and O–H groups in total. The zero-order valence-electron chi connectivity index (χ0n) is 12.8. The molecule has 1 aliphatic heterocycles. The number of aromatic nitrogens is 2. The van der Waals surface area contributed by atoms with E-state index < -0.39 is 0 Å². The van der Waals surface area contributed by atoms with E-state index in [2.05, 4.69) is 16.1 Å². The molecule has 1 aromatic heterocycles. The van der Waals surface area contributed by atoms with Gasteiger partial charge in [0.2, 0.25) is 5.91 Å². The molecule has 0 unspecified atom stereocenters. The van der Waals surface area contributed by atoms with E-state index in [1.165, 1.54) is 0 Å². The van der Waals surface area contributed by atoms with Crippen LogP contribution in [-0.4, -0.2) is 58.2 Å². The Morgan fingerprint density at radius 2 is 2.43 bits per heavy atom. The number of nitriles is 1. The molecule has 6 nitrogen and oxygen atoms in total. The van der Waals surface area contributed by atoms with Gasteiger partial charge in [0, 0.05) is 25.8 Å². The minimum Gasteiger partial charge on any atom is -0.344 e. The number of aryl methyl sites for hydroxylation is 1. The van der Waals surface area contributed by atoms with Crippen LogP contribution in [0.4, 0.5) is 0 Å². The molecular formula is C15H23N5O. The van der Waals surface area contributed by atoms with Crippen molar-refractivity contribution in [3.8, 4) is 6.07 Å². The number of carbonyl (C=O) groups is 1. The van der Waals surface area contributed by atoms with E-state index in [-0.39, 0.29) is 5.91 Å². The summed E-state index contributed by atoms with van der Waals surface area (Å²) in [5, 5.41) is 12.9. The van der Waals surface area contributed by atoms with Crippen LogP contribution in [-0.2, 0) is 11.3 Å². The Bertz CT molecular complexity index is 518. The maximum absolute atomic E-state index is 12.2. The monoisotopic (exact) mass is 289 g/mol. The first-order valence-electron chi connectivity index (χ1n) is 7.44. The summed E-state index contributed by atoms with van der Waals surface area (Å²) in [6.45, 7) is 4.77. The highest BCUT2D eigenvalue weighted by atomic mass is 16.2. The molecular weight excluding hydrogens is 266 g/mol. The van der Waals surface area contributed by atoms with Crippen LogP contribution in [0, 0.1) is 18.3 Å². The van der Waals surface area contributed by atoms with Gasteiger partial charge in [-0.1, -0.05) is 0 Å². The number of likely N-dealkylation sites (tertiary alicyclic amines) is 1. The molecule has 0 spiro atoms. The number of rotatable bonds is 6. The van der Waals surface area contributed by atoms with E-state index >= 15 is 0 Å². The molecule has 0 radical (unpaired) electrons. The van der Waals surface area contributed by atoms with E-state index in [1.807, 2.05) is 24.0 Å². The van der Waals surface area contributed by atoms with Gasteiger partial charge in [-0.25, -0.2) is 0 Å². The summed E-state index contributed by atoms with van der Waals surface area (Å²) in [4.78, 5) is 16.0. The Balaban J connectivity index is 1.87. The van der Waals surface area contributed by atoms with Gasteiger partial charge in [0.05, 0.1) is 31.8 Å². The molecule has 1 aromatic rings. The predicted molar refractivity (Wildman–Crippen MR) is 79.4 cm³/mol. The number of hydrogen-bond acceptors (Lipinski definition) is 4. The molecule has 0 bridgehead atoms. The lowest BCUT2D eigenvalue weighted by Crippen LogP contribution is -2.42. The average Bonchev–Trinajstić information content (AvgIpc) is 3.06. The molecule has 1 aliphatic rings. The Morgan fingerprint density at radius 1 is 1.62 bits per heavy atom. The summed E-state index contributed by atoms with van der Waals surface area (Å²) >= 11 is 0. The summed E-state index contributed by atoms with van der Waals surface area (Å²) in [5.41, 5.74) is 1.16. The molecule has 0 aromatic carbocycles. The Labute approximate surface area is 125 Å². The van der Waals surface area contributed by atoms with Gasteiger partial charge < -0.3 is 4.90 Å². The second kappa shape index (κ2) is 7.23. The SMILES string of the molecule is Cc1cnn(C[C@@H]2CCCN2CC(=O)N(C)CCC#N)c1. The topological polar surface area (TPSA) is 65.2 Å². The maximum atomic E-state index is 12.2. The highest BCUT2D eigenvalue weighted by molar-refractivity contribution is 5.78. The van der Waals surface area contributed by atoms with Crippen molar-refractivity contribution in [2.75, 3.05) is 26.7 Å². The van der Waals surface area contributed by atoms with Crippen molar-refractivity contribution in [3.05, 3.63) is 18.0 Å². The van der Waals surface area contributed by atoms with Crippen LogP contribution in [0.1, 0.15) is 24.8 Å². The predicted octanol–water partition coefficient (Wildman–Crippen LogP) is 1.03. The molecule has 1 fully saturated rings.